The Hall–Kier alpha value is -2.34. The number of fused-ring (bicyclic) bond motifs is 1. The molecular formula is C15H14N2O3S. The van der Waals surface area contributed by atoms with E-state index in [9.17, 15) is 14.7 Å². The van der Waals surface area contributed by atoms with Crippen LogP contribution in [-0.4, -0.2) is 20.6 Å². The summed E-state index contributed by atoms with van der Waals surface area (Å²) in [5, 5.41) is 13.3. The van der Waals surface area contributed by atoms with E-state index in [1.807, 2.05) is 18.4 Å². The van der Waals surface area contributed by atoms with Gasteiger partial charge in [-0.2, -0.15) is 11.3 Å². The van der Waals surface area contributed by atoms with E-state index in [1.165, 1.54) is 11.6 Å². The highest BCUT2D eigenvalue weighted by molar-refractivity contribution is 7.07. The van der Waals surface area contributed by atoms with Crippen LogP contribution in [0.2, 0.25) is 0 Å². The number of imidazole rings is 1. The summed E-state index contributed by atoms with van der Waals surface area (Å²) in [4.78, 5) is 26.1. The molecule has 0 radical (unpaired) electrons. The standard InChI is InChI=1S/C15H14N2O3S/c1-9(7-10-5-6-21-8-10)17-12-4-2-3-11(14(18)19)13(12)16-15(17)20/h2-6,8-9H,7H2,1H3,(H,16,20)(H,18,19). The minimum absolute atomic E-state index is 0.0510. The van der Waals surface area contributed by atoms with Crippen molar-refractivity contribution in [3.8, 4) is 0 Å². The number of hydrogen-bond donors (Lipinski definition) is 2. The van der Waals surface area contributed by atoms with Crippen LogP contribution in [0.15, 0.2) is 39.8 Å². The predicted octanol–water partition coefficient (Wildman–Crippen LogP) is 2.89. The van der Waals surface area contributed by atoms with Gasteiger partial charge in [-0.15, -0.1) is 0 Å². The molecule has 0 saturated heterocycles. The fourth-order valence-corrected chi connectivity index (χ4v) is 3.29. The quantitative estimate of drug-likeness (QED) is 0.778. The van der Waals surface area contributed by atoms with Gasteiger partial charge in [0.25, 0.3) is 0 Å². The molecule has 108 valence electrons. The topological polar surface area (TPSA) is 75.1 Å². The number of carboxylic acid groups (broad SMARTS) is 1. The number of aromatic amines is 1. The molecule has 2 aromatic heterocycles. The van der Waals surface area contributed by atoms with E-state index < -0.39 is 5.97 Å². The van der Waals surface area contributed by atoms with Gasteiger partial charge in [-0.05, 0) is 47.9 Å². The number of para-hydroxylation sites is 1. The number of aromatic carboxylic acids is 1. The number of nitrogens with zero attached hydrogens (tertiary/aromatic N) is 1. The first-order chi connectivity index (χ1) is 10.1. The summed E-state index contributed by atoms with van der Waals surface area (Å²) < 4.78 is 1.62. The van der Waals surface area contributed by atoms with E-state index in [0.717, 1.165) is 6.42 Å². The number of hydrogen-bond acceptors (Lipinski definition) is 3. The van der Waals surface area contributed by atoms with Crippen molar-refractivity contribution in [1.82, 2.24) is 9.55 Å². The van der Waals surface area contributed by atoms with Crippen LogP contribution >= 0.6 is 11.3 Å². The normalized spacial score (nSPS) is 12.6. The Kier molecular flexibility index (Phi) is 3.39. The first-order valence-electron chi connectivity index (χ1n) is 6.55. The second kappa shape index (κ2) is 5.21. The third-order valence-electron chi connectivity index (χ3n) is 3.54. The lowest BCUT2D eigenvalue weighted by molar-refractivity contribution is 0.0699. The van der Waals surface area contributed by atoms with Crippen molar-refractivity contribution in [2.24, 2.45) is 0 Å². The molecule has 3 rings (SSSR count). The van der Waals surface area contributed by atoms with Gasteiger partial charge in [0.1, 0.15) is 0 Å². The van der Waals surface area contributed by atoms with Crippen molar-refractivity contribution in [3.05, 3.63) is 56.6 Å². The van der Waals surface area contributed by atoms with Gasteiger partial charge in [0.05, 0.1) is 16.6 Å². The second-order valence-corrected chi connectivity index (χ2v) is 5.77. The zero-order valence-electron chi connectivity index (χ0n) is 11.4. The Balaban J connectivity index is 2.10. The first-order valence-corrected chi connectivity index (χ1v) is 7.50. The van der Waals surface area contributed by atoms with Crippen LogP contribution in [0.4, 0.5) is 0 Å². The molecule has 1 unspecified atom stereocenters. The van der Waals surface area contributed by atoms with Gasteiger partial charge in [0, 0.05) is 6.04 Å². The number of carboxylic acids is 1. The summed E-state index contributed by atoms with van der Waals surface area (Å²) in [7, 11) is 0. The lowest BCUT2D eigenvalue weighted by atomic mass is 10.1. The minimum atomic E-state index is -1.04. The zero-order chi connectivity index (χ0) is 15.0. The van der Waals surface area contributed by atoms with E-state index in [1.54, 1.807) is 28.0 Å². The largest absolute Gasteiger partial charge is 0.478 e. The van der Waals surface area contributed by atoms with Crippen molar-refractivity contribution >= 4 is 28.3 Å². The van der Waals surface area contributed by atoms with Crippen LogP contribution in [0.5, 0.6) is 0 Å². The Morgan fingerprint density at radius 1 is 1.43 bits per heavy atom. The molecule has 0 saturated carbocycles. The molecule has 0 aliphatic carbocycles. The van der Waals surface area contributed by atoms with Gasteiger partial charge < -0.3 is 10.1 Å². The smallest absolute Gasteiger partial charge is 0.337 e. The van der Waals surface area contributed by atoms with Crippen molar-refractivity contribution in [2.45, 2.75) is 19.4 Å². The molecule has 2 heterocycles. The van der Waals surface area contributed by atoms with Crippen molar-refractivity contribution in [1.29, 1.82) is 0 Å². The van der Waals surface area contributed by atoms with Crippen molar-refractivity contribution in [3.63, 3.8) is 0 Å². The fourth-order valence-electron chi connectivity index (χ4n) is 2.61. The van der Waals surface area contributed by atoms with Crippen LogP contribution < -0.4 is 5.69 Å². The molecule has 0 aliphatic heterocycles. The lowest BCUT2D eigenvalue weighted by Crippen LogP contribution is -2.21. The van der Waals surface area contributed by atoms with Gasteiger partial charge in [-0.25, -0.2) is 9.59 Å². The molecule has 0 fully saturated rings. The van der Waals surface area contributed by atoms with Crippen LogP contribution in [-0.2, 0) is 6.42 Å². The Labute approximate surface area is 124 Å². The molecular weight excluding hydrogens is 288 g/mol. The van der Waals surface area contributed by atoms with Gasteiger partial charge in [-0.3, -0.25) is 4.57 Å². The summed E-state index contributed by atoms with van der Waals surface area (Å²) >= 11 is 1.62. The molecule has 5 nitrogen and oxygen atoms in total. The predicted molar refractivity (Wildman–Crippen MR) is 82.3 cm³/mol. The lowest BCUT2D eigenvalue weighted by Gasteiger charge is -2.12. The molecule has 3 aromatic rings. The van der Waals surface area contributed by atoms with Gasteiger partial charge >= 0.3 is 11.7 Å². The van der Waals surface area contributed by atoms with E-state index >= 15 is 0 Å². The van der Waals surface area contributed by atoms with E-state index in [-0.39, 0.29) is 17.3 Å². The maximum absolute atomic E-state index is 12.2. The fraction of sp³-hybridized carbons (Fsp3) is 0.200. The van der Waals surface area contributed by atoms with Crippen molar-refractivity contribution in [2.75, 3.05) is 0 Å². The monoisotopic (exact) mass is 302 g/mol. The van der Waals surface area contributed by atoms with Crippen molar-refractivity contribution < 1.29 is 9.90 Å². The highest BCUT2D eigenvalue weighted by Crippen LogP contribution is 2.21. The summed E-state index contributed by atoms with van der Waals surface area (Å²) in [6, 6.07) is 6.90. The maximum atomic E-state index is 12.2. The molecule has 1 atom stereocenters. The molecule has 0 amide bonds. The van der Waals surface area contributed by atoms with Gasteiger partial charge in [-0.1, -0.05) is 6.07 Å². The van der Waals surface area contributed by atoms with E-state index in [2.05, 4.69) is 10.4 Å². The summed E-state index contributed by atoms with van der Waals surface area (Å²) in [5.41, 5.74) is 2.02. The van der Waals surface area contributed by atoms with E-state index in [0.29, 0.717) is 11.0 Å². The summed E-state index contributed by atoms with van der Waals surface area (Å²) in [5.74, 6) is -1.04. The van der Waals surface area contributed by atoms with Crippen LogP contribution in [0, 0.1) is 0 Å². The molecule has 0 bridgehead atoms. The summed E-state index contributed by atoms with van der Waals surface area (Å²) in [6.07, 6.45) is 0.730. The number of benzene rings is 1. The number of thiophene rings is 1. The highest BCUT2D eigenvalue weighted by atomic mass is 32.1. The number of H-pyrrole nitrogens is 1. The first kappa shape index (κ1) is 13.6. The van der Waals surface area contributed by atoms with Crippen LogP contribution in [0.25, 0.3) is 11.0 Å². The highest BCUT2D eigenvalue weighted by Gasteiger charge is 2.17. The third kappa shape index (κ3) is 2.38. The van der Waals surface area contributed by atoms with Gasteiger partial charge in [0.15, 0.2) is 0 Å². The number of aromatic nitrogens is 2. The number of rotatable bonds is 4. The molecule has 0 aliphatic rings. The molecule has 2 N–H and O–H groups in total. The Morgan fingerprint density at radius 3 is 2.90 bits per heavy atom. The average molecular weight is 302 g/mol. The Morgan fingerprint density at radius 2 is 2.24 bits per heavy atom. The second-order valence-electron chi connectivity index (χ2n) is 4.99. The SMILES string of the molecule is CC(Cc1ccsc1)n1c(=O)[nH]c2c(C(=O)O)cccc21. The summed E-state index contributed by atoms with van der Waals surface area (Å²) in [6.45, 7) is 1.96. The number of carbonyl (C=O) groups is 1. The van der Waals surface area contributed by atoms with Crippen LogP contribution in [0.1, 0.15) is 28.9 Å². The van der Waals surface area contributed by atoms with E-state index in [4.69, 9.17) is 0 Å². The average Bonchev–Trinajstić information content (AvgIpc) is 3.03. The molecule has 21 heavy (non-hydrogen) atoms. The van der Waals surface area contributed by atoms with Crippen LogP contribution in [0.3, 0.4) is 0 Å². The van der Waals surface area contributed by atoms with Gasteiger partial charge in [0.2, 0.25) is 0 Å². The molecule has 6 heteroatoms. The molecule has 1 aromatic carbocycles. The Bertz CT molecular complexity index is 846. The third-order valence-corrected chi connectivity index (χ3v) is 4.27. The maximum Gasteiger partial charge on any atom is 0.337 e. The number of nitrogens with one attached hydrogen (secondary N) is 1. The molecule has 0 spiro atoms. The minimum Gasteiger partial charge on any atom is -0.478 e. The zero-order valence-corrected chi connectivity index (χ0v) is 12.2.